The maximum Gasteiger partial charge on any atom is 0.266 e. The van der Waals surface area contributed by atoms with Crippen LogP contribution in [0, 0.1) is 12.8 Å². The number of nitrogens with zero attached hydrogens (tertiary/aromatic N) is 3. The van der Waals surface area contributed by atoms with E-state index in [1.807, 2.05) is 6.08 Å². The summed E-state index contributed by atoms with van der Waals surface area (Å²) < 4.78 is 5.74. The molecule has 1 amide bonds. The number of aryl methyl sites for hydroxylation is 1. The molecule has 0 spiro atoms. The number of thiocarbonyl (C=S) groups is 1. The molecule has 0 N–H and O–H groups in total. The van der Waals surface area contributed by atoms with Gasteiger partial charge >= 0.3 is 0 Å². The van der Waals surface area contributed by atoms with Crippen LogP contribution in [0.3, 0.4) is 0 Å². The second-order valence-electron chi connectivity index (χ2n) is 8.45. The van der Waals surface area contributed by atoms with Crippen molar-refractivity contribution in [3.8, 4) is 0 Å². The Morgan fingerprint density at radius 2 is 2.06 bits per heavy atom. The van der Waals surface area contributed by atoms with Crippen LogP contribution >= 0.6 is 24.0 Å². The number of carbonyl (C=O) groups excluding carboxylic acids is 1. The van der Waals surface area contributed by atoms with Gasteiger partial charge in [0.25, 0.3) is 5.91 Å². The molecular formula is C24H29N3O2S2. The van der Waals surface area contributed by atoms with Gasteiger partial charge in [-0.15, -0.1) is 0 Å². The molecule has 3 heterocycles. The first-order valence-corrected chi connectivity index (χ1v) is 12.1. The molecule has 2 aliphatic heterocycles. The minimum Gasteiger partial charge on any atom is -0.385 e. The van der Waals surface area contributed by atoms with Crippen molar-refractivity contribution in [2.24, 2.45) is 5.92 Å². The van der Waals surface area contributed by atoms with E-state index in [1.165, 1.54) is 17.3 Å². The first kappa shape index (κ1) is 22.2. The SMILES string of the molecule is COCCCN1C(=O)/C(=C/c2cc3cc(C)ccc3nc2N2CCC(C)CC2)SC1=S. The number of aromatic nitrogens is 1. The normalized spacial score (nSPS) is 19.3. The number of thioether (sulfide) groups is 1. The molecule has 0 bridgehead atoms. The molecule has 0 saturated carbocycles. The molecule has 2 aromatic rings. The van der Waals surface area contributed by atoms with Gasteiger partial charge in [0.1, 0.15) is 10.1 Å². The number of ether oxygens (including phenoxy) is 1. The topological polar surface area (TPSA) is 45.7 Å². The first-order chi connectivity index (χ1) is 15.0. The van der Waals surface area contributed by atoms with Gasteiger partial charge in [-0.3, -0.25) is 9.69 Å². The van der Waals surface area contributed by atoms with Crippen molar-refractivity contribution in [3.63, 3.8) is 0 Å². The molecule has 0 radical (unpaired) electrons. The summed E-state index contributed by atoms with van der Waals surface area (Å²) in [6.45, 7) is 7.58. The highest BCUT2D eigenvalue weighted by Crippen LogP contribution is 2.36. The summed E-state index contributed by atoms with van der Waals surface area (Å²) in [7, 11) is 1.67. The van der Waals surface area contributed by atoms with E-state index >= 15 is 0 Å². The van der Waals surface area contributed by atoms with Crippen molar-refractivity contribution >= 4 is 57.0 Å². The number of benzene rings is 1. The van der Waals surface area contributed by atoms with E-state index in [2.05, 4.69) is 43.0 Å². The molecule has 4 rings (SSSR count). The Morgan fingerprint density at radius 1 is 1.29 bits per heavy atom. The number of piperidine rings is 1. The number of rotatable bonds is 6. The van der Waals surface area contributed by atoms with Gasteiger partial charge in [0.05, 0.1) is 10.4 Å². The van der Waals surface area contributed by atoms with Crippen LogP contribution in [0.4, 0.5) is 5.82 Å². The molecule has 0 unspecified atom stereocenters. The Balaban J connectivity index is 1.70. The van der Waals surface area contributed by atoms with E-state index in [4.69, 9.17) is 21.9 Å². The Hall–Kier alpha value is -1.96. The fourth-order valence-corrected chi connectivity index (χ4v) is 5.38. The monoisotopic (exact) mass is 455 g/mol. The molecule has 7 heteroatoms. The fourth-order valence-electron chi connectivity index (χ4n) is 4.08. The molecule has 2 fully saturated rings. The van der Waals surface area contributed by atoms with E-state index in [0.717, 1.165) is 60.6 Å². The summed E-state index contributed by atoms with van der Waals surface area (Å²) in [5.41, 5.74) is 3.18. The first-order valence-electron chi connectivity index (χ1n) is 10.9. The maximum absolute atomic E-state index is 13.0. The number of carbonyl (C=O) groups is 1. The van der Waals surface area contributed by atoms with Crippen LogP contribution in [0.5, 0.6) is 0 Å². The summed E-state index contributed by atoms with van der Waals surface area (Å²) in [6.07, 6.45) is 5.07. The van der Waals surface area contributed by atoms with E-state index in [9.17, 15) is 4.79 Å². The Kier molecular flexibility index (Phi) is 6.94. The van der Waals surface area contributed by atoms with Crippen molar-refractivity contribution < 1.29 is 9.53 Å². The maximum atomic E-state index is 13.0. The smallest absolute Gasteiger partial charge is 0.266 e. The predicted molar refractivity (Wildman–Crippen MR) is 133 cm³/mol. The quantitative estimate of drug-likeness (QED) is 0.346. The fraction of sp³-hybridized carbons (Fsp3) is 0.458. The highest BCUT2D eigenvalue weighted by Gasteiger charge is 2.32. The molecule has 2 saturated heterocycles. The van der Waals surface area contributed by atoms with Crippen molar-refractivity contribution in [2.45, 2.75) is 33.1 Å². The average molecular weight is 456 g/mol. The molecule has 0 aliphatic carbocycles. The molecule has 31 heavy (non-hydrogen) atoms. The predicted octanol–water partition coefficient (Wildman–Crippen LogP) is 5.02. The van der Waals surface area contributed by atoms with Crippen LogP contribution < -0.4 is 4.90 Å². The van der Waals surface area contributed by atoms with Crippen LogP contribution in [0.1, 0.15) is 37.3 Å². The largest absolute Gasteiger partial charge is 0.385 e. The zero-order valence-electron chi connectivity index (χ0n) is 18.4. The third-order valence-electron chi connectivity index (χ3n) is 5.95. The van der Waals surface area contributed by atoms with Gasteiger partial charge < -0.3 is 9.64 Å². The average Bonchev–Trinajstić information content (AvgIpc) is 3.01. The number of anilines is 1. The van der Waals surface area contributed by atoms with E-state index in [-0.39, 0.29) is 5.91 Å². The van der Waals surface area contributed by atoms with E-state index in [0.29, 0.717) is 22.4 Å². The summed E-state index contributed by atoms with van der Waals surface area (Å²) in [5.74, 6) is 1.69. The van der Waals surface area contributed by atoms with Crippen LogP contribution in [0.15, 0.2) is 29.2 Å². The lowest BCUT2D eigenvalue weighted by Gasteiger charge is -2.32. The number of pyridine rings is 1. The second kappa shape index (κ2) is 9.67. The van der Waals surface area contributed by atoms with Gasteiger partial charge in [-0.2, -0.15) is 0 Å². The lowest BCUT2D eigenvalue weighted by molar-refractivity contribution is -0.122. The lowest BCUT2D eigenvalue weighted by Crippen LogP contribution is -2.34. The van der Waals surface area contributed by atoms with Crippen molar-refractivity contribution in [2.75, 3.05) is 38.3 Å². The summed E-state index contributed by atoms with van der Waals surface area (Å²) in [5, 5.41) is 1.09. The number of hydrogen-bond donors (Lipinski definition) is 0. The summed E-state index contributed by atoms with van der Waals surface area (Å²) >= 11 is 6.87. The van der Waals surface area contributed by atoms with Gasteiger partial charge in [-0.05, 0) is 56.4 Å². The number of methoxy groups -OCH3 is 1. The Morgan fingerprint density at radius 3 is 2.81 bits per heavy atom. The third kappa shape index (κ3) is 4.94. The number of amides is 1. The highest BCUT2D eigenvalue weighted by molar-refractivity contribution is 8.26. The van der Waals surface area contributed by atoms with Gasteiger partial charge in [-0.25, -0.2) is 4.98 Å². The molecule has 2 aliphatic rings. The van der Waals surface area contributed by atoms with E-state index < -0.39 is 0 Å². The van der Waals surface area contributed by atoms with Crippen LogP contribution in [0.2, 0.25) is 0 Å². The second-order valence-corrected chi connectivity index (χ2v) is 10.1. The molecule has 5 nitrogen and oxygen atoms in total. The van der Waals surface area contributed by atoms with Gasteiger partial charge in [0, 0.05) is 44.3 Å². The van der Waals surface area contributed by atoms with Crippen molar-refractivity contribution in [1.29, 1.82) is 0 Å². The standard InChI is InChI=1S/C24H29N3O2S2/c1-16-7-10-26(11-8-16)22-19(14-18-13-17(2)5-6-20(18)25-22)15-21-23(28)27(24(30)31-21)9-4-12-29-3/h5-6,13-16H,4,7-12H2,1-3H3/b21-15-. The molecule has 164 valence electrons. The van der Waals surface area contributed by atoms with Crippen molar-refractivity contribution in [3.05, 3.63) is 40.3 Å². The zero-order valence-corrected chi connectivity index (χ0v) is 20.0. The van der Waals surface area contributed by atoms with Crippen LogP contribution in [-0.4, -0.2) is 53.5 Å². The van der Waals surface area contributed by atoms with E-state index in [1.54, 1.807) is 12.0 Å². The van der Waals surface area contributed by atoms with Crippen LogP contribution in [0.25, 0.3) is 17.0 Å². The lowest BCUT2D eigenvalue weighted by atomic mass is 9.98. The third-order valence-corrected chi connectivity index (χ3v) is 7.33. The van der Waals surface area contributed by atoms with Crippen LogP contribution in [-0.2, 0) is 9.53 Å². The number of fused-ring (bicyclic) bond motifs is 1. The summed E-state index contributed by atoms with van der Waals surface area (Å²) in [6, 6.07) is 8.50. The Bertz CT molecular complexity index is 1030. The zero-order chi connectivity index (χ0) is 22.0. The molecule has 1 aromatic heterocycles. The highest BCUT2D eigenvalue weighted by atomic mass is 32.2. The van der Waals surface area contributed by atoms with Gasteiger partial charge in [0.15, 0.2) is 0 Å². The molecule has 1 aromatic carbocycles. The van der Waals surface area contributed by atoms with Crippen molar-refractivity contribution in [1.82, 2.24) is 9.88 Å². The minimum absolute atomic E-state index is 0.0198. The molecular weight excluding hydrogens is 426 g/mol. The molecule has 0 atom stereocenters. The number of hydrogen-bond acceptors (Lipinski definition) is 6. The summed E-state index contributed by atoms with van der Waals surface area (Å²) in [4.78, 5) is 22.8. The van der Waals surface area contributed by atoms with Gasteiger partial charge in [0.2, 0.25) is 0 Å². The van der Waals surface area contributed by atoms with Gasteiger partial charge in [-0.1, -0.05) is 42.5 Å². The minimum atomic E-state index is -0.0198. The Labute approximate surface area is 193 Å².